The monoisotopic (exact) mass is 251 g/mol. The SMILES string of the molecule is CCNc1nccc(N2CCOCC2C(N)=O)n1. The number of amides is 1. The minimum absolute atomic E-state index is 0.301. The number of rotatable bonds is 4. The Hall–Kier alpha value is -1.89. The van der Waals surface area contributed by atoms with Crippen molar-refractivity contribution in [2.24, 2.45) is 5.73 Å². The molecule has 1 aromatic rings. The van der Waals surface area contributed by atoms with Gasteiger partial charge in [0.1, 0.15) is 11.9 Å². The number of hydrogen-bond donors (Lipinski definition) is 2. The molecule has 3 N–H and O–H groups in total. The molecular formula is C11H17N5O2. The Labute approximate surface area is 105 Å². The van der Waals surface area contributed by atoms with Gasteiger partial charge in [-0.05, 0) is 13.0 Å². The molecule has 1 aromatic heterocycles. The summed E-state index contributed by atoms with van der Waals surface area (Å²) >= 11 is 0. The van der Waals surface area contributed by atoms with Gasteiger partial charge in [-0.15, -0.1) is 0 Å². The minimum Gasteiger partial charge on any atom is -0.377 e. The summed E-state index contributed by atoms with van der Waals surface area (Å²) in [5.74, 6) is 0.830. The van der Waals surface area contributed by atoms with E-state index < -0.39 is 11.9 Å². The molecule has 0 aromatic carbocycles. The first-order valence-corrected chi connectivity index (χ1v) is 5.93. The van der Waals surface area contributed by atoms with Crippen molar-refractivity contribution in [3.05, 3.63) is 12.3 Å². The Morgan fingerprint density at radius 3 is 3.28 bits per heavy atom. The van der Waals surface area contributed by atoms with Crippen LogP contribution in [-0.4, -0.2) is 48.2 Å². The van der Waals surface area contributed by atoms with Crippen molar-refractivity contribution in [1.29, 1.82) is 0 Å². The molecule has 0 spiro atoms. The van der Waals surface area contributed by atoms with E-state index in [1.54, 1.807) is 12.3 Å². The molecule has 2 heterocycles. The van der Waals surface area contributed by atoms with Crippen LogP contribution in [0, 0.1) is 0 Å². The van der Waals surface area contributed by atoms with Crippen LogP contribution in [0.1, 0.15) is 6.92 Å². The number of carbonyl (C=O) groups is 1. The quantitative estimate of drug-likeness (QED) is 0.756. The number of anilines is 2. The van der Waals surface area contributed by atoms with Crippen LogP contribution in [-0.2, 0) is 9.53 Å². The van der Waals surface area contributed by atoms with Crippen molar-refractivity contribution >= 4 is 17.7 Å². The van der Waals surface area contributed by atoms with E-state index in [1.807, 2.05) is 11.8 Å². The van der Waals surface area contributed by atoms with Gasteiger partial charge in [-0.25, -0.2) is 4.98 Å². The highest BCUT2D eigenvalue weighted by Crippen LogP contribution is 2.17. The van der Waals surface area contributed by atoms with E-state index in [9.17, 15) is 4.79 Å². The Balaban J connectivity index is 2.22. The molecule has 0 saturated carbocycles. The average Bonchev–Trinajstić information content (AvgIpc) is 2.39. The maximum Gasteiger partial charge on any atom is 0.242 e. The second kappa shape index (κ2) is 5.63. The molecule has 1 aliphatic heterocycles. The molecular weight excluding hydrogens is 234 g/mol. The van der Waals surface area contributed by atoms with Crippen molar-refractivity contribution in [2.45, 2.75) is 13.0 Å². The van der Waals surface area contributed by atoms with Crippen LogP contribution in [0.3, 0.4) is 0 Å². The molecule has 1 saturated heterocycles. The fourth-order valence-corrected chi connectivity index (χ4v) is 1.87. The molecule has 0 bridgehead atoms. The van der Waals surface area contributed by atoms with E-state index in [0.717, 1.165) is 6.54 Å². The van der Waals surface area contributed by atoms with Crippen LogP contribution >= 0.6 is 0 Å². The molecule has 1 unspecified atom stereocenters. The Morgan fingerprint density at radius 2 is 2.56 bits per heavy atom. The highest BCUT2D eigenvalue weighted by Gasteiger charge is 2.28. The number of aromatic nitrogens is 2. The van der Waals surface area contributed by atoms with Crippen LogP contribution in [0.5, 0.6) is 0 Å². The summed E-state index contributed by atoms with van der Waals surface area (Å²) in [5.41, 5.74) is 5.37. The molecule has 0 radical (unpaired) electrons. The normalized spacial score (nSPS) is 19.6. The first-order chi connectivity index (χ1) is 8.72. The Morgan fingerprint density at radius 1 is 1.72 bits per heavy atom. The summed E-state index contributed by atoms with van der Waals surface area (Å²) in [6, 6.07) is 1.30. The standard InChI is InChI=1S/C11H17N5O2/c1-2-13-11-14-4-3-9(15-11)16-5-6-18-7-8(16)10(12)17/h3-4,8H,2,5-7H2,1H3,(H2,12,17)(H,13,14,15). The number of hydrogen-bond acceptors (Lipinski definition) is 6. The predicted octanol–water partition coefficient (Wildman–Crippen LogP) is -0.401. The average molecular weight is 251 g/mol. The lowest BCUT2D eigenvalue weighted by molar-refractivity contribution is -0.121. The number of nitrogens with one attached hydrogen (secondary N) is 1. The molecule has 1 amide bonds. The first kappa shape index (κ1) is 12.6. The molecule has 1 aliphatic rings. The number of primary amides is 1. The fourth-order valence-electron chi connectivity index (χ4n) is 1.87. The molecule has 7 nitrogen and oxygen atoms in total. The Bertz CT molecular complexity index is 426. The maximum absolute atomic E-state index is 11.4. The van der Waals surface area contributed by atoms with E-state index in [1.165, 1.54) is 0 Å². The summed E-state index contributed by atoms with van der Waals surface area (Å²) in [6.07, 6.45) is 1.66. The second-order valence-corrected chi connectivity index (χ2v) is 3.96. The fraction of sp³-hybridized carbons (Fsp3) is 0.545. The summed E-state index contributed by atoms with van der Waals surface area (Å²) in [7, 11) is 0. The van der Waals surface area contributed by atoms with E-state index in [0.29, 0.717) is 31.5 Å². The lowest BCUT2D eigenvalue weighted by Crippen LogP contribution is -2.53. The number of carbonyl (C=O) groups excluding carboxylic acids is 1. The third-order valence-corrected chi connectivity index (χ3v) is 2.73. The van der Waals surface area contributed by atoms with Crippen LogP contribution < -0.4 is 16.0 Å². The van der Waals surface area contributed by atoms with Crippen molar-refractivity contribution < 1.29 is 9.53 Å². The molecule has 98 valence electrons. The van der Waals surface area contributed by atoms with E-state index in [4.69, 9.17) is 10.5 Å². The lowest BCUT2D eigenvalue weighted by atomic mass is 10.2. The summed E-state index contributed by atoms with van der Waals surface area (Å²) in [6.45, 7) is 4.17. The number of nitrogens with two attached hydrogens (primary N) is 1. The molecule has 1 atom stereocenters. The van der Waals surface area contributed by atoms with Crippen molar-refractivity contribution in [3.8, 4) is 0 Å². The summed E-state index contributed by atoms with van der Waals surface area (Å²) < 4.78 is 5.27. The molecule has 1 fully saturated rings. The topological polar surface area (TPSA) is 93.4 Å². The molecule has 2 rings (SSSR count). The van der Waals surface area contributed by atoms with Gasteiger partial charge in [0.25, 0.3) is 0 Å². The van der Waals surface area contributed by atoms with Gasteiger partial charge in [0.2, 0.25) is 11.9 Å². The van der Waals surface area contributed by atoms with Gasteiger partial charge in [-0.1, -0.05) is 0 Å². The largest absolute Gasteiger partial charge is 0.377 e. The zero-order valence-corrected chi connectivity index (χ0v) is 10.3. The lowest BCUT2D eigenvalue weighted by Gasteiger charge is -2.34. The van der Waals surface area contributed by atoms with Gasteiger partial charge in [-0.2, -0.15) is 4.98 Å². The first-order valence-electron chi connectivity index (χ1n) is 5.93. The van der Waals surface area contributed by atoms with Gasteiger partial charge in [0.15, 0.2) is 0 Å². The van der Waals surface area contributed by atoms with E-state index >= 15 is 0 Å². The second-order valence-electron chi connectivity index (χ2n) is 3.96. The third kappa shape index (κ3) is 2.67. The highest BCUT2D eigenvalue weighted by atomic mass is 16.5. The number of ether oxygens (including phenoxy) is 1. The minimum atomic E-state index is -0.469. The van der Waals surface area contributed by atoms with Gasteiger partial charge in [-0.3, -0.25) is 4.79 Å². The van der Waals surface area contributed by atoms with Gasteiger partial charge in [0, 0.05) is 19.3 Å². The summed E-state index contributed by atoms with van der Waals surface area (Å²) in [5, 5.41) is 3.03. The van der Waals surface area contributed by atoms with Gasteiger partial charge < -0.3 is 20.7 Å². The zero-order chi connectivity index (χ0) is 13.0. The van der Waals surface area contributed by atoms with Crippen molar-refractivity contribution in [3.63, 3.8) is 0 Å². The summed E-state index contributed by atoms with van der Waals surface area (Å²) in [4.78, 5) is 21.7. The molecule has 7 heteroatoms. The van der Waals surface area contributed by atoms with Crippen LogP contribution in [0.4, 0.5) is 11.8 Å². The third-order valence-electron chi connectivity index (χ3n) is 2.73. The van der Waals surface area contributed by atoms with Crippen LogP contribution in [0.2, 0.25) is 0 Å². The van der Waals surface area contributed by atoms with Crippen molar-refractivity contribution in [1.82, 2.24) is 9.97 Å². The predicted molar refractivity (Wildman–Crippen MR) is 67.3 cm³/mol. The van der Waals surface area contributed by atoms with Crippen molar-refractivity contribution in [2.75, 3.05) is 36.5 Å². The smallest absolute Gasteiger partial charge is 0.242 e. The molecule has 0 aliphatic carbocycles. The van der Waals surface area contributed by atoms with Gasteiger partial charge >= 0.3 is 0 Å². The molecule has 18 heavy (non-hydrogen) atoms. The van der Waals surface area contributed by atoms with Crippen LogP contribution in [0.25, 0.3) is 0 Å². The van der Waals surface area contributed by atoms with Crippen LogP contribution in [0.15, 0.2) is 12.3 Å². The zero-order valence-electron chi connectivity index (χ0n) is 10.3. The van der Waals surface area contributed by atoms with E-state index in [-0.39, 0.29) is 0 Å². The maximum atomic E-state index is 11.4. The number of nitrogens with zero attached hydrogens (tertiary/aromatic N) is 3. The highest BCUT2D eigenvalue weighted by molar-refractivity contribution is 5.83. The Kier molecular flexibility index (Phi) is 3.93. The van der Waals surface area contributed by atoms with E-state index in [2.05, 4.69) is 15.3 Å². The van der Waals surface area contributed by atoms with Gasteiger partial charge in [0.05, 0.1) is 13.2 Å². The number of morpholine rings is 1.